The maximum absolute atomic E-state index is 13.0. The highest BCUT2D eigenvalue weighted by Gasteiger charge is 2.34. The van der Waals surface area contributed by atoms with Crippen LogP contribution in [0.5, 0.6) is 0 Å². The van der Waals surface area contributed by atoms with Crippen LogP contribution in [0.25, 0.3) is 0 Å². The van der Waals surface area contributed by atoms with Crippen LogP contribution in [0.4, 0.5) is 0 Å². The van der Waals surface area contributed by atoms with Crippen LogP contribution in [-0.2, 0) is 16.6 Å². The van der Waals surface area contributed by atoms with Crippen LogP contribution in [0, 0.1) is 18.8 Å². The number of piperidine rings is 1. The highest BCUT2D eigenvalue weighted by Crippen LogP contribution is 2.32. The van der Waals surface area contributed by atoms with Gasteiger partial charge in [0.2, 0.25) is 10.0 Å². The highest BCUT2D eigenvalue weighted by atomic mass is 32.2. The number of thiophene rings is 1. The lowest BCUT2D eigenvalue weighted by Gasteiger charge is -2.34. The Morgan fingerprint density at radius 3 is 2.52 bits per heavy atom. The molecule has 0 radical (unpaired) electrons. The second-order valence-electron chi connectivity index (χ2n) is 6.22. The molecule has 21 heavy (non-hydrogen) atoms. The first-order chi connectivity index (χ1) is 9.86. The predicted octanol–water partition coefficient (Wildman–Crippen LogP) is 2.83. The van der Waals surface area contributed by atoms with Crippen LogP contribution >= 0.6 is 11.3 Å². The smallest absolute Gasteiger partial charge is 0.244 e. The van der Waals surface area contributed by atoms with Gasteiger partial charge in [-0.25, -0.2) is 8.42 Å². The zero-order valence-corrected chi connectivity index (χ0v) is 15.0. The van der Waals surface area contributed by atoms with Crippen LogP contribution in [-0.4, -0.2) is 32.4 Å². The van der Waals surface area contributed by atoms with E-state index in [4.69, 9.17) is 0 Å². The Kier molecular flexibility index (Phi) is 5.46. The molecule has 120 valence electrons. The molecular weight excluding hydrogens is 304 g/mol. The first kappa shape index (κ1) is 16.9. The number of hydrogen-bond acceptors (Lipinski definition) is 4. The monoisotopic (exact) mass is 330 g/mol. The quantitative estimate of drug-likeness (QED) is 0.903. The van der Waals surface area contributed by atoms with Crippen LogP contribution in [0.15, 0.2) is 10.3 Å². The molecule has 1 aliphatic rings. The van der Waals surface area contributed by atoms with E-state index in [0.29, 0.717) is 36.4 Å². The molecule has 0 aliphatic carbocycles. The fourth-order valence-electron chi connectivity index (χ4n) is 3.13. The summed E-state index contributed by atoms with van der Waals surface area (Å²) in [5.41, 5.74) is 0.874. The third-order valence-corrected chi connectivity index (χ3v) is 7.25. The van der Waals surface area contributed by atoms with Gasteiger partial charge >= 0.3 is 0 Å². The van der Waals surface area contributed by atoms with Gasteiger partial charge in [0.15, 0.2) is 0 Å². The minimum atomic E-state index is -3.37. The third-order valence-electron chi connectivity index (χ3n) is 3.96. The molecule has 0 spiro atoms. The van der Waals surface area contributed by atoms with Crippen LogP contribution in [0.3, 0.4) is 0 Å². The molecule has 1 N–H and O–H groups in total. The summed E-state index contributed by atoms with van der Waals surface area (Å²) >= 11 is 1.54. The first-order valence-corrected chi connectivity index (χ1v) is 9.96. The average Bonchev–Trinajstić information content (AvgIpc) is 2.77. The van der Waals surface area contributed by atoms with Crippen molar-refractivity contribution in [3.05, 3.63) is 15.8 Å². The maximum Gasteiger partial charge on any atom is 0.244 e. The Labute approximate surface area is 132 Å². The van der Waals surface area contributed by atoms with Crippen molar-refractivity contribution in [2.45, 2.75) is 45.6 Å². The van der Waals surface area contributed by atoms with Crippen LogP contribution in [0.2, 0.25) is 0 Å². The standard InChI is InChI=1S/C15H26N2O2S2/c1-5-16-7-14-15(13(4)10-20-14)21(18,19)17-8-11(2)6-12(3)9-17/h10-12,16H,5-9H2,1-4H3. The summed E-state index contributed by atoms with van der Waals surface area (Å²) in [5, 5.41) is 5.19. The zero-order chi connectivity index (χ0) is 15.6. The fraction of sp³-hybridized carbons (Fsp3) is 0.733. The molecule has 1 saturated heterocycles. The Morgan fingerprint density at radius 1 is 1.33 bits per heavy atom. The molecule has 0 amide bonds. The van der Waals surface area contributed by atoms with Gasteiger partial charge in [-0.15, -0.1) is 11.3 Å². The number of rotatable bonds is 5. The van der Waals surface area contributed by atoms with E-state index in [1.165, 1.54) is 0 Å². The lowest BCUT2D eigenvalue weighted by atomic mass is 9.94. The largest absolute Gasteiger partial charge is 0.312 e. The van der Waals surface area contributed by atoms with Crippen molar-refractivity contribution in [2.24, 2.45) is 11.8 Å². The van der Waals surface area contributed by atoms with E-state index in [2.05, 4.69) is 19.2 Å². The second-order valence-corrected chi connectivity index (χ2v) is 9.06. The molecule has 2 unspecified atom stereocenters. The lowest BCUT2D eigenvalue weighted by molar-refractivity contribution is 0.222. The van der Waals surface area contributed by atoms with E-state index in [1.807, 2.05) is 19.2 Å². The molecule has 6 heteroatoms. The van der Waals surface area contributed by atoms with Crippen molar-refractivity contribution in [3.63, 3.8) is 0 Å². The molecule has 0 saturated carbocycles. The molecular formula is C15H26N2O2S2. The Hall–Kier alpha value is -0.430. The van der Waals surface area contributed by atoms with E-state index >= 15 is 0 Å². The molecule has 1 aromatic rings. The van der Waals surface area contributed by atoms with E-state index in [-0.39, 0.29) is 0 Å². The van der Waals surface area contributed by atoms with Gasteiger partial charge in [-0.05, 0) is 42.7 Å². The van der Waals surface area contributed by atoms with Gasteiger partial charge in [0.05, 0.1) is 0 Å². The van der Waals surface area contributed by atoms with Gasteiger partial charge in [-0.2, -0.15) is 4.31 Å². The van der Waals surface area contributed by atoms with E-state index in [1.54, 1.807) is 15.6 Å². The molecule has 0 aromatic carbocycles. The second kappa shape index (κ2) is 6.77. The van der Waals surface area contributed by atoms with Crippen molar-refractivity contribution in [3.8, 4) is 0 Å². The topological polar surface area (TPSA) is 49.4 Å². The summed E-state index contributed by atoms with van der Waals surface area (Å²) in [5.74, 6) is 0.861. The summed E-state index contributed by atoms with van der Waals surface area (Å²) in [6.07, 6.45) is 1.11. The number of nitrogens with zero attached hydrogens (tertiary/aromatic N) is 1. The normalized spacial score (nSPS) is 24.4. The number of nitrogens with one attached hydrogen (secondary N) is 1. The molecule has 1 aliphatic heterocycles. The minimum absolute atomic E-state index is 0.430. The fourth-order valence-corrected chi connectivity index (χ4v) is 6.54. The number of hydrogen-bond donors (Lipinski definition) is 1. The highest BCUT2D eigenvalue weighted by molar-refractivity contribution is 7.89. The van der Waals surface area contributed by atoms with Gasteiger partial charge in [0.25, 0.3) is 0 Å². The summed E-state index contributed by atoms with van der Waals surface area (Å²) < 4.78 is 27.8. The van der Waals surface area contributed by atoms with Gasteiger partial charge < -0.3 is 5.32 Å². The van der Waals surface area contributed by atoms with Gasteiger partial charge in [-0.3, -0.25) is 0 Å². The van der Waals surface area contributed by atoms with Gasteiger partial charge in [0, 0.05) is 24.5 Å². The first-order valence-electron chi connectivity index (χ1n) is 7.64. The summed E-state index contributed by atoms with van der Waals surface area (Å²) in [7, 11) is -3.37. The summed E-state index contributed by atoms with van der Waals surface area (Å²) in [4.78, 5) is 1.47. The zero-order valence-electron chi connectivity index (χ0n) is 13.3. The van der Waals surface area contributed by atoms with Crippen molar-refractivity contribution >= 4 is 21.4 Å². The predicted molar refractivity (Wildman–Crippen MR) is 88.1 cm³/mol. The molecule has 1 fully saturated rings. The Bertz CT molecular complexity index is 570. The van der Waals surface area contributed by atoms with E-state index in [9.17, 15) is 8.42 Å². The van der Waals surface area contributed by atoms with Crippen molar-refractivity contribution < 1.29 is 8.42 Å². The minimum Gasteiger partial charge on any atom is -0.312 e. The van der Waals surface area contributed by atoms with E-state index in [0.717, 1.165) is 23.4 Å². The van der Waals surface area contributed by atoms with Crippen molar-refractivity contribution in [2.75, 3.05) is 19.6 Å². The molecule has 4 nitrogen and oxygen atoms in total. The Morgan fingerprint density at radius 2 is 1.95 bits per heavy atom. The van der Waals surface area contributed by atoms with Gasteiger partial charge in [0.1, 0.15) is 4.90 Å². The number of aryl methyl sites for hydroxylation is 1. The molecule has 2 rings (SSSR count). The maximum atomic E-state index is 13.0. The lowest BCUT2D eigenvalue weighted by Crippen LogP contribution is -2.42. The van der Waals surface area contributed by atoms with Crippen LogP contribution < -0.4 is 5.32 Å². The average molecular weight is 331 g/mol. The van der Waals surface area contributed by atoms with Crippen LogP contribution in [0.1, 0.15) is 37.6 Å². The summed E-state index contributed by atoms with van der Waals surface area (Å²) in [6, 6.07) is 0. The molecule has 2 atom stereocenters. The van der Waals surface area contributed by atoms with E-state index < -0.39 is 10.0 Å². The molecule has 0 bridgehead atoms. The van der Waals surface area contributed by atoms with Gasteiger partial charge in [-0.1, -0.05) is 20.8 Å². The molecule has 1 aromatic heterocycles. The third kappa shape index (κ3) is 3.67. The number of sulfonamides is 1. The Balaban J connectivity index is 2.33. The molecule has 2 heterocycles. The van der Waals surface area contributed by atoms with Crippen molar-refractivity contribution in [1.29, 1.82) is 0 Å². The SMILES string of the molecule is CCNCc1scc(C)c1S(=O)(=O)N1CC(C)CC(C)C1. The summed E-state index contributed by atoms with van der Waals surface area (Å²) in [6.45, 7) is 11.0. The van der Waals surface area contributed by atoms with Crippen molar-refractivity contribution in [1.82, 2.24) is 9.62 Å².